The Bertz CT molecular complexity index is 3050. The van der Waals surface area contributed by atoms with Gasteiger partial charge in [0.05, 0.1) is 0 Å². The van der Waals surface area contributed by atoms with E-state index in [0.717, 1.165) is 5.69 Å². The first-order valence-electron chi connectivity index (χ1n) is 22.4. The molecule has 2 aliphatic carbocycles. The minimum atomic E-state index is -0.176. The Kier molecular flexibility index (Phi) is 8.27. The van der Waals surface area contributed by atoms with E-state index in [1.165, 1.54) is 109 Å². The number of nitrogens with zero attached hydrogens (tertiary/aromatic N) is 1. The Morgan fingerprint density at radius 1 is 0.317 bits per heavy atom. The highest BCUT2D eigenvalue weighted by atomic mass is 32.2. The van der Waals surface area contributed by atoms with Crippen LogP contribution in [-0.2, 0) is 21.7 Å². The molecule has 0 radical (unpaired) electrons. The maximum absolute atomic E-state index is 2.50. The molecule has 308 valence electrons. The van der Waals surface area contributed by atoms with Crippen molar-refractivity contribution in [2.45, 2.75) is 96.6 Å². The number of anilines is 3. The Labute approximate surface area is 381 Å². The van der Waals surface area contributed by atoms with Crippen molar-refractivity contribution >= 4 is 40.6 Å². The van der Waals surface area contributed by atoms with E-state index in [0.29, 0.717) is 0 Å². The molecule has 0 saturated carbocycles. The summed E-state index contributed by atoms with van der Waals surface area (Å²) in [6, 6.07) is 62.2. The number of hydrogen-bond donors (Lipinski definition) is 0. The van der Waals surface area contributed by atoms with E-state index in [1.54, 1.807) is 0 Å². The first-order chi connectivity index (χ1) is 30.3. The zero-order valence-corrected chi connectivity index (χ0v) is 39.0. The van der Waals surface area contributed by atoms with Gasteiger partial charge in [-0.3, -0.25) is 0 Å². The van der Waals surface area contributed by atoms with Crippen LogP contribution in [-0.4, -0.2) is 0 Å². The van der Waals surface area contributed by atoms with Gasteiger partial charge in [-0.25, -0.2) is 0 Å². The second-order valence-electron chi connectivity index (χ2n) is 20.1. The molecule has 2 aliphatic heterocycles. The third-order valence-corrected chi connectivity index (χ3v) is 17.6. The molecule has 0 saturated heterocycles. The molecular weight excluding hydrogens is 799 g/mol. The molecule has 0 fully saturated rings. The molecule has 8 aromatic rings. The molecule has 0 atom stereocenters. The lowest BCUT2D eigenvalue weighted by Gasteiger charge is -2.36. The maximum atomic E-state index is 2.50. The molecule has 0 N–H and O–H groups in total. The van der Waals surface area contributed by atoms with E-state index in [2.05, 4.69) is 224 Å². The van der Waals surface area contributed by atoms with Crippen LogP contribution in [0, 0.1) is 0 Å². The normalized spacial score (nSPS) is 17.0. The first-order valence-corrected chi connectivity index (χ1v) is 24.1. The fourth-order valence-electron chi connectivity index (χ4n) is 11.6. The molecule has 8 aromatic carbocycles. The van der Waals surface area contributed by atoms with Crippen molar-refractivity contribution in [1.82, 2.24) is 0 Å². The van der Waals surface area contributed by atoms with Gasteiger partial charge in [0.2, 0.25) is 0 Å². The van der Waals surface area contributed by atoms with Crippen LogP contribution in [0.25, 0.3) is 33.4 Å². The van der Waals surface area contributed by atoms with Crippen molar-refractivity contribution in [2.75, 3.05) is 4.90 Å². The standard InChI is InChI=1S/C60H51NS2/c1-57(2)43-18-12-14-20-51(43)62-55-47(57)32-30-45-53(55)41-28-26-39(34-49(41)59(45,5)6)61(38-24-22-37(23-25-38)36-16-10-9-11-17-36)40-27-29-42-50(35-40)60(7,8)46-31-33-48-56(54(42)46)63-52-21-15-13-19-44(52)58(48,3)4/h9-35H,1-8H3. The van der Waals surface area contributed by atoms with E-state index in [9.17, 15) is 0 Å². The van der Waals surface area contributed by atoms with Crippen molar-refractivity contribution in [3.05, 3.63) is 208 Å². The zero-order chi connectivity index (χ0) is 43.2. The van der Waals surface area contributed by atoms with Crippen LogP contribution in [0.4, 0.5) is 17.1 Å². The van der Waals surface area contributed by atoms with Crippen LogP contribution >= 0.6 is 23.5 Å². The Morgan fingerprint density at radius 2 is 0.698 bits per heavy atom. The molecule has 0 bridgehead atoms. The second kappa shape index (κ2) is 13.4. The van der Waals surface area contributed by atoms with Crippen LogP contribution in [0.2, 0.25) is 0 Å². The van der Waals surface area contributed by atoms with Crippen molar-refractivity contribution in [3.8, 4) is 33.4 Å². The molecule has 3 heteroatoms. The van der Waals surface area contributed by atoms with Crippen LogP contribution in [0.1, 0.15) is 99.9 Å². The summed E-state index contributed by atoms with van der Waals surface area (Å²) in [5, 5.41) is 0. The van der Waals surface area contributed by atoms with Crippen molar-refractivity contribution in [2.24, 2.45) is 0 Å². The van der Waals surface area contributed by atoms with Gasteiger partial charge in [-0.1, -0.05) is 194 Å². The highest BCUT2D eigenvalue weighted by Gasteiger charge is 2.44. The SMILES string of the molecule is CC1(C)c2ccccc2Sc2c1ccc1c2-c2ccc(N(c3ccc(-c4ccccc4)cc3)c3ccc4c(c3)C(C)(C)c3ccc5c(c3-4)Sc3ccccc3C5(C)C)cc2C1(C)C. The quantitative estimate of drug-likeness (QED) is 0.174. The van der Waals surface area contributed by atoms with E-state index >= 15 is 0 Å². The van der Waals surface area contributed by atoms with Gasteiger partial charge in [0.25, 0.3) is 0 Å². The van der Waals surface area contributed by atoms with Crippen molar-refractivity contribution in [3.63, 3.8) is 0 Å². The van der Waals surface area contributed by atoms with Gasteiger partial charge in [-0.05, 0) is 115 Å². The largest absolute Gasteiger partial charge is 0.310 e. The second-order valence-corrected chi connectivity index (χ2v) is 22.2. The average Bonchev–Trinajstić information content (AvgIpc) is 3.66. The minimum absolute atomic E-state index is 0.0819. The van der Waals surface area contributed by atoms with Crippen LogP contribution in [0.3, 0.4) is 0 Å². The smallest absolute Gasteiger partial charge is 0.0465 e. The highest BCUT2D eigenvalue weighted by Crippen LogP contribution is 2.61. The Hall–Kier alpha value is -5.74. The number of fused-ring (bicyclic) bond motifs is 12. The molecule has 0 amide bonds. The Balaban J connectivity index is 1.02. The highest BCUT2D eigenvalue weighted by molar-refractivity contribution is 8.00. The van der Waals surface area contributed by atoms with Gasteiger partial charge < -0.3 is 4.90 Å². The number of benzene rings is 8. The summed E-state index contributed by atoms with van der Waals surface area (Å²) >= 11 is 3.91. The van der Waals surface area contributed by atoms with E-state index in [-0.39, 0.29) is 21.7 Å². The first kappa shape index (κ1) is 38.9. The maximum Gasteiger partial charge on any atom is 0.0465 e. The van der Waals surface area contributed by atoms with Crippen LogP contribution < -0.4 is 4.90 Å². The van der Waals surface area contributed by atoms with Gasteiger partial charge in [-0.15, -0.1) is 0 Å². The summed E-state index contributed by atoms with van der Waals surface area (Å²) in [6.07, 6.45) is 0. The molecule has 2 heterocycles. The molecule has 4 aliphatic rings. The van der Waals surface area contributed by atoms with Crippen LogP contribution in [0.15, 0.2) is 183 Å². The van der Waals surface area contributed by atoms with Gasteiger partial charge in [0.15, 0.2) is 0 Å². The van der Waals surface area contributed by atoms with E-state index in [1.807, 2.05) is 23.5 Å². The van der Waals surface area contributed by atoms with Crippen molar-refractivity contribution in [1.29, 1.82) is 0 Å². The topological polar surface area (TPSA) is 3.24 Å². The lowest BCUT2D eigenvalue weighted by atomic mass is 9.75. The summed E-state index contributed by atoms with van der Waals surface area (Å²) in [6.45, 7) is 19.3. The summed E-state index contributed by atoms with van der Waals surface area (Å²) in [7, 11) is 0. The zero-order valence-electron chi connectivity index (χ0n) is 37.4. The lowest BCUT2D eigenvalue weighted by Crippen LogP contribution is -2.24. The summed E-state index contributed by atoms with van der Waals surface area (Å²) < 4.78 is 0. The summed E-state index contributed by atoms with van der Waals surface area (Å²) in [4.78, 5) is 8.06. The third kappa shape index (κ3) is 5.45. The van der Waals surface area contributed by atoms with Gasteiger partial charge in [-0.2, -0.15) is 0 Å². The number of rotatable bonds is 4. The van der Waals surface area contributed by atoms with Gasteiger partial charge in [0, 0.05) is 69.4 Å². The molecule has 63 heavy (non-hydrogen) atoms. The van der Waals surface area contributed by atoms with Crippen LogP contribution in [0.5, 0.6) is 0 Å². The fraction of sp³-hybridized carbons (Fsp3) is 0.200. The molecular formula is C60H51NS2. The monoisotopic (exact) mass is 849 g/mol. The molecule has 0 spiro atoms. The lowest BCUT2D eigenvalue weighted by molar-refractivity contribution is 0.604. The van der Waals surface area contributed by atoms with Gasteiger partial charge in [0.1, 0.15) is 0 Å². The third-order valence-electron chi connectivity index (χ3n) is 15.2. The van der Waals surface area contributed by atoms with Crippen molar-refractivity contribution < 1.29 is 0 Å². The Morgan fingerprint density at radius 3 is 1.17 bits per heavy atom. The predicted molar refractivity (Wildman–Crippen MR) is 267 cm³/mol. The molecule has 0 aromatic heterocycles. The predicted octanol–water partition coefficient (Wildman–Crippen LogP) is 17.0. The van der Waals surface area contributed by atoms with E-state index < -0.39 is 0 Å². The fourth-order valence-corrected chi connectivity index (χ4v) is 14.7. The minimum Gasteiger partial charge on any atom is -0.310 e. The average molecular weight is 850 g/mol. The summed E-state index contributed by atoms with van der Waals surface area (Å²) in [5.41, 5.74) is 22.2. The summed E-state index contributed by atoms with van der Waals surface area (Å²) in [5.74, 6) is 0. The molecule has 0 unspecified atom stereocenters. The number of hydrogen-bond acceptors (Lipinski definition) is 3. The van der Waals surface area contributed by atoms with Gasteiger partial charge >= 0.3 is 0 Å². The van der Waals surface area contributed by atoms with E-state index in [4.69, 9.17) is 0 Å². The molecule has 1 nitrogen and oxygen atoms in total. The molecule has 12 rings (SSSR count).